The number of hydrogen-bond donors (Lipinski definition) is 1. The number of halogens is 2. The first-order valence-corrected chi connectivity index (χ1v) is 5.36. The fraction of sp³-hybridized carbons (Fsp3) is 0.417. The number of carboxylic acid groups (broad SMARTS) is 1. The molecule has 0 aromatic heterocycles. The maximum atomic E-state index is 13.1. The minimum atomic E-state index is -2.67. The molecule has 2 rings (SSSR count). The largest absolute Gasteiger partial charge is 0.478 e. The number of carbonyl (C=O) groups is 1. The molecular weight excluding hydrogens is 228 g/mol. The SMILES string of the molecule is Cc1ccc(N2CCC(F)(F)C2)cc1C(=O)O. The van der Waals surface area contributed by atoms with Crippen molar-refractivity contribution in [3.05, 3.63) is 29.3 Å². The molecule has 0 amide bonds. The van der Waals surface area contributed by atoms with Crippen LogP contribution < -0.4 is 4.90 Å². The second kappa shape index (κ2) is 3.98. The fourth-order valence-corrected chi connectivity index (χ4v) is 1.99. The molecule has 0 atom stereocenters. The highest BCUT2D eigenvalue weighted by molar-refractivity contribution is 5.90. The number of alkyl halides is 2. The van der Waals surface area contributed by atoms with Crippen molar-refractivity contribution < 1.29 is 18.7 Å². The highest BCUT2D eigenvalue weighted by atomic mass is 19.3. The van der Waals surface area contributed by atoms with E-state index in [0.717, 1.165) is 0 Å². The number of benzene rings is 1. The average Bonchev–Trinajstić information content (AvgIpc) is 2.59. The number of hydrogen-bond acceptors (Lipinski definition) is 2. The van der Waals surface area contributed by atoms with Crippen molar-refractivity contribution in [1.82, 2.24) is 0 Å². The first kappa shape index (κ1) is 11.8. The zero-order chi connectivity index (χ0) is 12.6. The Morgan fingerprint density at radius 1 is 1.47 bits per heavy atom. The van der Waals surface area contributed by atoms with Crippen molar-refractivity contribution in [2.24, 2.45) is 0 Å². The summed E-state index contributed by atoms with van der Waals surface area (Å²) in [5.74, 6) is -3.70. The molecule has 92 valence electrons. The average molecular weight is 241 g/mol. The van der Waals surface area contributed by atoms with E-state index in [1.165, 1.54) is 11.0 Å². The standard InChI is InChI=1S/C12H13F2NO2/c1-8-2-3-9(6-10(8)11(16)17)15-5-4-12(13,14)7-15/h2-3,6H,4-5,7H2,1H3,(H,16,17). The Kier molecular flexibility index (Phi) is 2.77. The van der Waals surface area contributed by atoms with E-state index in [2.05, 4.69) is 0 Å². The van der Waals surface area contributed by atoms with Gasteiger partial charge in [0.05, 0.1) is 12.1 Å². The molecule has 1 N–H and O–H groups in total. The van der Waals surface area contributed by atoms with Crippen LogP contribution in [0.1, 0.15) is 22.3 Å². The van der Waals surface area contributed by atoms with Crippen molar-refractivity contribution in [2.75, 3.05) is 18.0 Å². The van der Waals surface area contributed by atoms with Gasteiger partial charge in [0, 0.05) is 18.7 Å². The van der Waals surface area contributed by atoms with Crippen LogP contribution in [0.15, 0.2) is 18.2 Å². The zero-order valence-corrected chi connectivity index (χ0v) is 9.41. The molecule has 0 aliphatic carbocycles. The van der Waals surface area contributed by atoms with Crippen molar-refractivity contribution in [2.45, 2.75) is 19.3 Å². The molecule has 1 fully saturated rings. The van der Waals surface area contributed by atoms with E-state index in [0.29, 0.717) is 11.3 Å². The van der Waals surface area contributed by atoms with Crippen LogP contribution in [0.3, 0.4) is 0 Å². The van der Waals surface area contributed by atoms with Crippen molar-refractivity contribution >= 4 is 11.7 Å². The lowest BCUT2D eigenvalue weighted by atomic mass is 10.1. The normalized spacial score (nSPS) is 18.4. The summed E-state index contributed by atoms with van der Waals surface area (Å²) >= 11 is 0. The summed E-state index contributed by atoms with van der Waals surface area (Å²) in [6.07, 6.45) is -0.177. The third-order valence-corrected chi connectivity index (χ3v) is 2.99. The van der Waals surface area contributed by atoms with Gasteiger partial charge in [0.2, 0.25) is 0 Å². The molecular formula is C12H13F2NO2. The van der Waals surface area contributed by atoms with Gasteiger partial charge in [-0.15, -0.1) is 0 Å². The van der Waals surface area contributed by atoms with Crippen LogP contribution in [0.25, 0.3) is 0 Å². The molecule has 1 aromatic rings. The van der Waals surface area contributed by atoms with Gasteiger partial charge in [-0.2, -0.15) is 0 Å². The van der Waals surface area contributed by atoms with Crippen LogP contribution in [0.4, 0.5) is 14.5 Å². The lowest BCUT2D eigenvalue weighted by Crippen LogP contribution is -2.25. The van der Waals surface area contributed by atoms with Gasteiger partial charge in [0.25, 0.3) is 5.92 Å². The summed E-state index contributed by atoms with van der Waals surface area (Å²) in [4.78, 5) is 12.5. The summed E-state index contributed by atoms with van der Waals surface area (Å²) in [6.45, 7) is 1.61. The summed E-state index contributed by atoms with van der Waals surface area (Å²) < 4.78 is 26.1. The van der Waals surface area contributed by atoms with E-state index in [9.17, 15) is 13.6 Å². The number of anilines is 1. The number of nitrogens with zero attached hydrogens (tertiary/aromatic N) is 1. The van der Waals surface area contributed by atoms with Crippen molar-refractivity contribution in [3.8, 4) is 0 Å². The predicted octanol–water partition coefficient (Wildman–Crippen LogP) is 2.54. The molecule has 17 heavy (non-hydrogen) atoms. The van der Waals surface area contributed by atoms with Crippen LogP contribution in [0.5, 0.6) is 0 Å². The third kappa shape index (κ3) is 2.38. The molecule has 0 spiro atoms. The van der Waals surface area contributed by atoms with Gasteiger partial charge < -0.3 is 10.0 Å². The van der Waals surface area contributed by atoms with Crippen LogP contribution in [-0.4, -0.2) is 30.1 Å². The van der Waals surface area contributed by atoms with Crippen LogP contribution in [0.2, 0.25) is 0 Å². The second-order valence-electron chi connectivity index (χ2n) is 4.33. The van der Waals surface area contributed by atoms with Gasteiger partial charge in [-0.3, -0.25) is 0 Å². The van der Waals surface area contributed by atoms with E-state index in [1.807, 2.05) is 0 Å². The van der Waals surface area contributed by atoms with Gasteiger partial charge in [-0.1, -0.05) is 6.07 Å². The molecule has 1 aliphatic heterocycles. The fourth-order valence-electron chi connectivity index (χ4n) is 1.99. The molecule has 5 heteroatoms. The minimum Gasteiger partial charge on any atom is -0.478 e. The number of aromatic carboxylic acids is 1. The van der Waals surface area contributed by atoms with E-state index in [1.54, 1.807) is 19.1 Å². The highest BCUT2D eigenvalue weighted by Crippen LogP contribution is 2.31. The van der Waals surface area contributed by atoms with Crippen molar-refractivity contribution in [3.63, 3.8) is 0 Å². The molecule has 0 radical (unpaired) electrons. The lowest BCUT2D eigenvalue weighted by molar-refractivity contribution is 0.0257. The Hall–Kier alpha value is -1.65. The molecule has 0 saturated carbocycles. The van der Waals surface area contributed by atoms with E-state index < -0.39 is 11.9 Å². The lowest BCUT2D eigenvalue weighted by Gasteiger charge is -2.19. The Labute approximate surface area is 97.7 Å². The second-order valence-corrected chi connectivity index (χ2v) is 4.33. The molecule has 1 saturated heterocycles. The van der Waals surface area contributed by atoms with Crippen LogP contribution >= 0.6 is 0 Å². The Bertz CT molecular complexity index is 460. The molecule has 1 aromatic carbocycles. The first-order valence-electron chi connectivity index (χ1n) is 5.36. The summed E-state index contributed by atoms with van der Waals surface area (Å²) in [7, 11) is 0. The van der Waals surface area contributed by atoms with Gasteiger partial charge in [0.15, 0.2) is 0 Å². The van der Waals surface area contributed by atoms with Crippen LogP contribution in [-0.2, 0) is 0 Å². The van der Waals surface area contributed by atoms with Crippen LogP contribution in [0, 0.1) is 6.92 Å². The third-order valence-electron chi connectivity index (χ3n) is 2.99. The number of aryl methyl sites for hydroxylation is 1. The summed E-state index contributed by atoms with van der Waals surface area (Å²) in [6, 6.07) is 4.79. The van der Waals surface area contributed by atoms with E-state index >= 15 is 0 Å². The number of rotatable bonds is 2. The first-order chi connectivity index (χ1) is 7.89. The maximum Gasteiger partial charge on any atom is 0.336 e. The molecule has 1 heterocycles. The molecule has 0 bridgehead atoms. The molecule has 1 aliphatic rings. The zero-order valence-electron chi connectivity index (χ0n) is 9.41. The van der Waals surface area contributed by atoms with E-state index in [-0.39, 0.29) is 25.1 Å². The quantitative estimate of drug-likeness (QED) is 0.865. The summed E-state index contributed by atoms with van der Waals surface area (Å²) in [5, 5.41) is 8.97. The Balaban J connectivity index is 2.29. The Morgan fingerprint density at radius 2 is 2.18 bits per heavy atom. The summed E-state index contributed by atoms with van der Waals surface area (Å²) in [5.41, 5.74) is 1.34. The Morgan fingerprint density at radius 3 is 2.71 bits per heavy atom. The molecule has 3 nitrogen and oxygen atoms in total. The molecule has 0 unspecified atom stereocenters. The number of carboxylic acids is 1. The smallest absolute Gasteiger partial charge is 0.336 e. The van der Waals surface area contributed by atoms with Crippen molar-refractivity contribution in [1.29, 1.82) is 0 Å². The maximum absolute atomic E-state index is 13.1. The van der Waals surface area contributed by atoms with Gasteiger partial charge in [-0.05, 0) is 24.6 Å². The highest BCUT2D eigenvalue weighted by Gasteiger charge is 2.38. The monoisotopic (exact) mass is 241 g/mol. The van der Waals surface area contributed by atoms with Gasteiger partial charge >= 0.3 is 5.97 Å². The van der Waals surface area contributed by atoms with Gasteiger partial charge in [-0.25, -0.2) is 13.6 Å². The van der Waals surface area contributed by atoms with E-state index in [4.69, 9.17) is 5.11 Å². The topological polar surface area (TPSA) is 40.5 Å². The van der Waals surface area contributed by atoms with Gasteiger partial charge in [0.1, 0.15) is 0 Å². The minimum absolute atomic E-state index is 0.165. The predicted molar refractivity (Wildman–Crippen MR) is 59.9 cm³/mol.